The highest BCUT2D eigenvalue weighted by molar-refractivity contribution is 7.92. The normalized spacial score (nSPS) is 11.4. The molecule has 4 aromatic heterocycles. The van der Waals surface area contributed by atoms with Crippen LogP contribution in [0, 0.1) is 37.9 Å². The Morgan fingerprint density at radius 2 is 1.85 bits per heavy atom. The Hall–Kier alpha value is -6.07. The SMILES string of the molecule is Cc1cc(C#N)cc(S(=O)(=O)Nc2cc3[nH]c(C(=O)c4cnn(-c5cnc(Oc6ccccc6F)cc5C)c4N)cc3cc2C)n1. The Labute approximate surface area is 262 Å². The minimum atomic E-state index is -4.12. The molecule has 4 N–H and O–H groups in total. The second-order valence-electron chi connectivity index (χ2n) is 10.5. The van der Waals surface area contributed by atoms with Gasteiger partial charge in [-0.25, -0.2) is 19.0 Å². The molecule has 0 aliphatic carbocycles. The predicted octanol–water partition coefficient (Wildman–Crippen LogP) is 5.49. The first-order valence-electron chi connectivity index (χ1n) is 13.8. The van der Waals surface area contributed by atoms with Gasteiger partial charge < -0.3 is 15.5 Å². The van der Waals surface area contributed by atoms with E-state index in [1.54, 1.807) is 57.2 Å². The Bertz CT molecular complexity index is 2340. The number of carbonyl (C=O) groups excluding carboxylic acids is 1. The quantitative estimate of drug-likeness (QED) is 0.182. The number of ketones is 1. The van der Waals surface area contributed by atoms with Gasteiger partial charge in [-0.15, -0.1) is 0 Å². The zero-order chi connectivity index (χ0) is 32.7. The lowest BCUT2D eigenvalue weighted by molar-refractivity contribution is 0.103. The van der Waals surface area contributed by atoms with Crippen LogP contribution in [-0.2, 0) is 10.0 Å². The molecule has 0 saturated carbocycles. The molecule has 0 spiro atoms. The minimum Gasteiger partial charge on any atom is -0.436 e. The van der Waals surface area contributed by atoms with Gasteiger partial charge in [-0.05, 0) is 74.4 Å². The minimum absolute atomic E-state index is 0.0316. The number of aryl methyl sites for hydroxylation is 3. The number of nitriles is 1. The summed E-state index contributed by atoms with van der Waals surface area (Å²) in [6.45, 7) is 5.10. The average Bonchev–Trinajstić information content (AvgIpc) is 3.60. The third-order valence-corrected chi connectivity index (χ3v) is 8.43. The molecular formula is C32H25FN8O4S. The van der Waals surface area contributed by atoms with Gasteiger partial charge in [0, 0.05) is 22.7 Å². The Morgan fingerprint density at radius 3 is 2.59 bits per heavy atom. The van der Waals surface area contributed by atoms with Gasteiger partial charge in [-0.1, -0.05) is 12.1 Å². The lowest BCUT2D eigenvalue weighted by Crippen LogP contribution is -2.16. The number of fused-ring (bicyclic) bond motifs is 1. The van der Waals surface area contributed by atoms with E-state index in [4.69, 9.17) is 10.5 Å². The van der Waals surface area contributed by atoms with E-state index in [2.05, 4.69) is 24.8 Å². The number of hydrogen-bond donors (Lipinski definition) is 3. The predicted molar refractivity (Wildman–Crippen MR) is 168 cm³/mol. The summed E-state index contributed by atoms with van der Waals surface area (Å²) in [6.07, 6.45) is 2.81. The van der Waals surface area contributed by atoms with E-state index in [9.17, 15) is 22.9 Å². The van der Waals surface area contributed by atoms with Gasteiger partial charge in [-0.3, -0.25) is 9.52 Å². The van der Waals surface area contributed by atoms with Gasteiger partial charge in [0.05, 0.1) is 46.7 Å². The van der Waals surface area contributed by atoms with E-state index in [0.717, 1.165) is 0 Å². The summed E-state index contributed by atoms with van der Waals surface area (Å²) in [4.78, 5) is 24.9. The van der Waals surface area contributed by atoms with Crippen molar-refractivity contribution in [2.45, 2.75) is 25.8 Å². The van der Waals surface area contributed by atoms with E-state index in [1.807, 2.05) is 6.07 Å². The van der Waals surface area contributed by atoms with Crippen LogP contribution in [-0.4, -0.2) is 38.9 Å². The van der Waals surface area contributed by atoms with E-state index in [0.29, 0.717) is 33.4 Å². The van der Waals surface area contributed by atoms with Crippen LogP contribution in [0.5, 0.6) is 11.6 Å². The molecular weight excluding hydrogens is 611 g/mol. The number of ether oxygens (including phenoxy) is 1. The summed E-state index contributed by atoms with van der Waals surface area (Å²) in [5.74, 6) is -0.680. The van der Waals surface area contributed by atoms with Crippen LogP contribution in [0.25, 0.3) is 16.6 Å². The van der Waals surface area contributed by atoms with Crippen LogP contribution in [0.15, 0.2) is 78.1 Å². The molecule has 0 bridgehead atoms. The molecule has 0 unspecified atom stereocenters. The first-order valence-corrected chi connectivity index (χ1v) is 15.2. The Balaban J connectivity index is 1.26. The van der Waals surface area contributed by atoms with Crippen molar-refractivity contribution in [3.05, 3.63) is 113 Å². The summed E-state index contributed by atoms with van der Waals surface area (Å²) in [7, 11) is -4.12. The van der Waals surface area contributed by atoms with Crippen molar-refractivity contribution in [3.8, 4) is 23.4 Å². The van der Waals surface area contributed by atoms with Gasteiger partial charge in [0.15, 0.2) is 16.6 Å². The fraction of sp³-hybridized carbons (Fsp3) is 0.0938. The molecule has 0 saturated heterocycles. The van der Waals surface area contributed by atoms with Crippen LogP contribution >= 0.6 is 0 Å². The number of halogens is 1. The molecule has 0 aliphatic heterocycles. The average molecular weight is 637 g/mol. The summed E-state index contributed by atoms with van der Waals surface area (Å²) < 4.78 is 49.7. The molecule has 0 atom stereocenters. The molecule has 12 nitrogen and oxygen atoms in total. The van der Waals surface area contributed by atoms with Crippen molar-refractivity contribution in [2.24, 2.45) is 0 Å². The first kappa shape index (κ1) is 30.0. The van der Waals surface area contributed by atoms with Gasteiger partial charge in [0.25, 0.3) is 10.0 Å². The third-order valence-electron chi connectivity index (χ3n) is 7.18. The van der Waals surface area contributed by atoms with Crippen LogP contribution in [0.3, 0.4) is 0 Å². The van der Waals surface area contributed by atoms with E-state index in [1.165, 1.54) is 41.3 Å². The number of nitrogens with zero attached hydrogens (tertiary/aromatic N) is 5. The molecule has 6 rings (SSSR count). The van der Waals surface area contributed by atoms with Crippen molar-refractivity contribution >= 4 is 38.2 Å². The topological polar surface area (TPSA) is 182 Å². The molecule has 6 aromatic rings. The number of H-pyrrole nitrogens is 1. The fourth-order valence-electron chi connectivity index (χ4n) is 4.87. The molecule has 0 radical (unpaired) electrons. The number of aromatic amines is 1. The number of nitrogen functional groups attached to an aromatic ring is 1. The maximum absolute atomic E-state index is 14.0. The maximum atomic E-state index is 14.0. The molecule has 46 heavy (non-hydrogen) atoms. The van der Waals surface area contributed by atoms with Crippen molar-refractivity contribution in [3.63, 3.8) is 0 Å². The number of benzene rings is 2. The number of para-hydroxylation sites is 1. The van der Waals surface area contributed by atoms with Crippen molar-refractivity contribution in [2.75, 3.05) is 10.5 Å². The van der Waals surface area contributed by atoms with Crippen molar-refractivity contribution < 1.29 is 22.3 Å². The van der Waals surface area contributed by atoms with Crippen molar-refractivity contribution in [1.29, 1.82) is 5.26 Å². The molecule has 2 aromatic carbocycles. The molecule has 14 heteroatoms. The lowest BCUT2D eigenvalue weighted by Gasteiger charge is -2.11. The number of pyridine rings is 2. The molecule has 0 amide bonds. The van der Waals surface area contributed by atoms with Crippen molar-refractivity contribution in [1.82, 2.24) is 24.7 Å². The monoisotopic (exact) mass is 636 g/mol. The van der Waals surface area contributed by atoms with Gasteiger partial charge in [0.2, 0.25) is 11.7 Å². The number of rotatable bonds is 8. The molecule has 4 heterocycles. The maximum Gasteiger partial charge on any atom is 0.279 e. The number of hydrogen-bond acceptors (Lipinski definition) is 9. The number of anilines is 2. The van der Waals surface area contributed by atoms with Crippen LogP contribution in [0.2, 0.25) is 0 Å². The number of sulfonamides is 1. The largest absolute Gasteiger partial charge is 0.436 e. The summed E-state index contributed by atoms with van der Waals surface area (Å²) >= 11 is 0. The third kappa shape index (κ3) is 5.62. The number of nitrogens with two attached hydrogens (primary N) is 1. The van der Waals surface area contributed by atoms with Gasteiger partial charge in [-0.2, -0.15) is 18.8 Å². The van der Waals surface area contributed by atoms with Crippen LogP contribution < -0.4 is 15.2 Å². The molecule has 0 aliphatic rings. The second kappa shape index (κ2) is 11.5. The summed E-state index contributed by atoms with van der Waals surface area (Å²) in [5.41, 5.74) is 9.80. The van der Waals surface area contributed by atoms with Crippen LogP contribution in [0.1, 0.15) is 38.4 Å². The zero-order valence-corrected chi connectivity index (χ0v) is 25.5. The Kier molecular flexibility index (Phi) is 7.46. The van der Waals surface area contributed by atoms with E-state index in [-0.39, 0.29) is 45.0 Å². The lowest BCUT2D eigenvalue weighted by atomic mass is 10.1. The number of nitrogens with one attached hydrogen (secondary N) is 2. The smallest absolute Gasteiger partial charge is 0.279 e. The number of carbonyl (C=O) groups is 1. The van der Waals surface area contributed by atoms with Crippen LogP contribution in [0.4, 0.5) is 15.9 Å². The molecule has 230 valence electrons. The summed E-state index contributed by atoms with van der Waals surface area (Å²) in [6, 6.07) is 17.2. The first-order chi connectivity index (χ1) is 21.9. The standard InChI is InChI=1S/C32H25FN8O4S/c1-17-8-21-12-26(39-25(21)13-24(17)40-46(43,44)30-11-20(14-34)10-19(3)38-30)31(42)22-15-37-41(32(22)35)27-16-36-29(9-18(27)2)45-28-7-5-4-6-23(28)33/h4-13,15-16,39-40H,35H2,1-3H3. The van der Waals surface area contributed by atoms with E-state index < -0.39 is 21.6 Å². The molecule has 0 fully saturated rings. The highest BCUT2D eigenvalue weighted by Crippen LogP contribution is 2.30. The highest BCUT2D eigenvalue weighted by Gasteiger charge is 2.23. The fourth-order valence-corrected chi connectivity index (χ4v) is 6.04. The highest BCUT2D eigenvalue weighted by atomic mass is 32.2. The van der Waals surface area contributed by atoms with Gasteiger partial charge >= 0.3 is 0 Å². The summed E-state index contributed by atoms with van der Waals surface area (Å²) in [5, 5.41) is 13.9. The number of aromatic nitrogens is 5. The Morgan fingerprint density at radius 1 is 1.07 bits per heavy atom. The van der Waals surface area contributed by atoms with Gasteiger partial charge in [0.1, 0.15) is 5.82 Å². The zero-order valence-electron chi connectivity index (χ0n) is 24.7. The second-order valence-corrected chi connectivity index (χ2v) is 12.1. The van der Waals surface area contributed by atoms with E-state index >= 15 is 0 Å².